The maximum Gasteiger partial charge on any atom is 0.276 e. The predicted molar refractivity (Wildman–Crippen MR) is 105 cm³/mol. The zero-order valence-corrected chi connectivity index (χ0v) is 16.2. The molecule has 7 nitrogen and oxygen atoms in total. The van der Waals surface area contributed by atoms with E-state index in [0.717, 1.165) is 42.4 Å². The number of anilines is 1. The van der Waals surface area contributed by atoms with E-state index >= 15 is 0 Å². The number of nitrogens with one attached hydrogen (secondary N) is 1. The molecule has 0 spiro atoms. The van der Waals surface area contributed by atoms with Crippen molar-refractivity contribution in [2.24, 2.45) is 0 Å². The Labute approximate surface area is 158 Å². The summed E-state index contributed by atoms with van der Waals surface area (Å²) in [5.41, 5.74) is 4.52. The van der Waals surface area contributed by atoms with E-state index in [-0.39, 0.29) is 5.91 Å². The number of unbranched alkanes of at least 4 members (excludes halogenated alkanes) is 1. The molecule has 3 aromatic rings. The average Bonchev–Trinajstić information content (AvgIpc) is 3.19. The van der Waals surface area contributed by atoms with Crippen molar-refractivity contribution in [3.05, 3.63) is 40.7 Å². The molecule has 0 aliphatic carbocycles. The largest absolute Gasteiger partial charge is 0.310 e. The second-order valence-corrected chi connectivity index (χ2v) is 6.70. The summed E-state index contributed by atoms with van der Waals surface area (Å²) in [4.78, 5) is 28.6. The van der Waals surface area contributed by atoms with Crippen LogP contribution in [0, 0.1) is 13.8 Å². The van der Waals surface area contributed by atoms with Crippen LogP contribution >= 0.6 is 0 Å². The van der Waals surface area contributed by atoms with Crippen molar-refractivity contribution >= 4 is 29.2 Å². The number of benzene rings is 1. The number of aldehydes is 1. The van der Waals surface area contributed by atoms with Crippen LogP contribution in [0.15, 0.2) is 18.2 Å². The Morgan fingerprint density at radius 2 is 2.00 bits per heavy atom. The average molecular weight is 367 g/mol. The van der Waals surface area contributed by atoms with Crippen molar-refractivity contribution in [2.45, 2.75) is 53.6 Å². The van der Waals surface area contributed by atoms with Crippen molar-refractivity contribution in [1.29, 1.82) is 0 Å². The van der Waals surface area contributed by atoms with Crippen LogP contribution in [0.3, 0.4) is 0 Å². The van der Waals surface area contributed by atoms with Crippen molar-refractivity contribution < 1.29 is 9.59 Å². The molecular weight excluding hydrogens is 342 g/mol. The Morgan fingerprint density at radius 3 is 2.67 bits per heavy atom. The Morgan fingerprint density at radius 1 is 1.22 bits per heavy atom. The summed E-state index contributed by atoms with van der Waals surface area (Å²) in [6.45, 7) is 9.26. The molecule has 1 N–H and O–H groups in total. The monoisotopic (exact) mass is 367 g/mol. The number of hydrogen-bond donors (Lipinski definition) is 1. The van der Waals surface area contributed by atoms with Crippen LogP contribution in [-0.4, -0.2) is 31.5 Å². The van der Waals surface area contributed by atoms with Gasteiger partial charge in [0.25, 0.3) is 5.91 Å². The smallest absolute Gasteiger partial charge is 0.276 e. The molecule has 0 radical (unpaired) electrons. The van der Waals surface area contributed by atoms with Crippen LogP contribution in [-0.2, 0) is 13.1 Å². The third-order valence-corrected chi connectivity index (χ3v) is 4.59. The van der Waals surface area contributed by atoms with E-state index in [0.29, 0.717) is 29.3 Å². The first-order chi connectivity index (χ1) is 13.0. The summed E-state index contributed by atoms with van der Waals surface area (Å²) in [6, 6.07) is 5.38. The van der Waals surface area contributed by atoms with Gasteiger partial charge in [0.2, 0.25) is 5.95 Å². The summed E-state index contributed by atoms with van der Waals surface area (Å²) >= 11 is 0. The molecule has 7 heteroatoms. The van der Waals surface area contributed by atoms with E-state index in [4.69, 9.17) is 0 Å². The molecule has 2 heterocycles. The molecule has 3 rings (SSSR count). The third-order valence-electron chi connectivity index (χ3n) is 4.59. The lowest BCUT2D eigenvalue weighted by Crippen LogP contribution is -2.20. The molecule has 0 aliphatic rings. The summed E-state index contributed by atoms with van der Waals surface area (Å²) in [5.74, 6) is 0.259. The molecule has 0 bridgehead atoms. The van der Waals surface area contributed by atoms with E-state index in [9.17, 15) is 9.59 Å². The lowest BCUT2D eigenvalue weighted by Gasteiger charge is -2.11. The first kappa shape index (κ1) is 18.8. The SMILES string of the molecule is CCCCn1c(NC(=O)c2cc(C)nn2CC)nc2cc(C=O)cc(C)c21. The molecule has 0 atom stereocenters. The molecule has 0 unspecified atom stereocenters. The first-order valence-corrected chi connectivity index (χ1v) is 9.30. The Bertz CT molecular complexity index is 1000. The molecule has 0 aliphatic heterocycles. The van der Waals surface area contributed by atoms with Gasteiger partial charge >= 0.3 is 0 Å². The molecule has 0 saturated carbocycles. The second-order valence-electron chi connectivity index (χ2n) is 6.70. The van der Waals surface area contributed by atoms with Crippen LogP contribution in [0.1, 0.15) is 58.8 Å². The van der Waals surface area contributed by atoms with Gasteiger partial charge in [-0.05, 0) is 51.0 Å². The maximum absolute atomic E-state index is 12.8. The van der Waals surface area contributed by atoms with Gasteiger partial charge in [0.1, 0.15) is 12.0 Å². The Kier molecular flexibility index (Phi) is 5.39. The van der Waals surface area contributed by atoms with Crippen molar-refractivity contribution in [1.82, 2.24) is 19.3 Å². The maximum atomic E-state index is 12.8. The van der Waals surface area contributed by atoms with Crippen molar-refractivity contribution in [2.75, 3.05) is 5.32 Å². The molecule has 1 aromatic carbocycles. The van der Waals surface area contributed by atoms with Crippen LogP contribution in [0.25, 0.3) is 11.0 Å². The number of aryl methyl sites for hydroxylation is 4. The number of fused-ring (bicyclic) bond motifs is 1. The van der Waals surface area contributed by atoms with Gasteiger partial charge in [-0.25, -0.2) is 4.98 Å². The highest BCUT2D eigenvalue weighted by atomic mass is 16.2. The quantitative estimate of drug-likeness (QED) is 0.645. The molecule has 142 valence electrons. The fourth-order valence-electron chi connectivity index (χ4n) is 3.34. The number of imidazole rings is 1. The second kappa shape index (κ2) is 7.73. The van der Waals surface area contributed by atoms with Gasteiger partial charge in [-0.2, -0.15) is 5.10 Å². The molecule has 0 saturated heterocycles. The third kappa shape index (κ3) is 3.63. The number of rotatable bonds is 7. The van der Waals surface area contributed by atoms with Crippen molar-refractivity contribution in [3.63, 3.8) is 0 Å². The summed E-state index contributed by atoms with van der Waals surface area (Å²) in [5, 5.41) is 7.27. The van der Waals surface area contributed by atoms with Crippen LogP contribution in [0.4, 0.5) is 5.95 Å². The number of amides is 1. The highest BCUT2D eigenvalue weighted by Gasteiger charge is 2.19. The van der Waals surface area contributed by atoms with Crippen LogP contribution in [0.2, 0.25) is 0 Å². The van der Waals surface area contributed by atoms with E-state index in [1.54, 1.807) is 16.8 Å². The van der Waals surface area contributed by atoms with E-state index < -0.39 is 0 Å². The predicted octanol–water partition coefficient (Wildman–Crippen LogP) is 3.73. The topological polar surface area (TPSA) is 81.8 Å². The number of carbonyl (C=O) groups is 2. The minimum absolute atomic E-state index is 0.237. The highest BCUT2D eigenvalue weighted by Crippen LogP contribution is 2.25. The molecule has 1 amide bonds. The normalized spacial score (nSPS) is 11.1. The van der Waals surface area contributed by atoms with Gasteiger partial charge in [-0.1, -0.05) is 13.3 Å². The zero-order valence-electron chi connectivity index (χ0n) is 16.2. The minimum atomic E-state index is -0.237. The number of carbonyl (C=O) groups excluding carboxylic acids is 2. The number of nitrogens with zero attached hydrogens (tertiary/aromatic N) is 4. The summed E-state index contributed by atoms with van der Waals surface area (Å²) < 4.78 is 3.71. The van der Waals surface area contributed by atoms with Gasteiger partial charge in [-0.15, -0.1) is 0 Å². The summed E-state index contributed by atoms with van der Waals surface area (Å²) in [7, 11) is 0. The fourth-order valence-corrected chi connectivity index (χ4v) is 3.34. The Balaban J connectivity index is 2.05. The number of hydrogen-bond acceptors (Lipinski definition) is 4. The van der Waals surface area contributed by atoms with E-state index in [1.165, 1.54) is 0 Å². The van der Waals surface area contributed by atoms with Gasteiger partial charge in [0, 0.05) is 18.7 Å². The van der Waals surface area contributed by atoms with E-state index in [1.807, 2.05) is 31.4 Å². The Hall–Kier alpha value is -2.96. The standard InChI is InChI=1S/C20H25N5O2/c1-5-7-8-24-18-13(3)9-15(12-26)11-16(18)21-20(24)22-19(27)17-10-14(4)23-25(17)6-2/h9-12H,5-8H2,1-4H3,(H,21,22,27). The lowest BCUT2D eigenvalue weighted by atomic mass is 10.1. The first-order valence-electron chi connectivity index (χ1n) is 9.30. The molecule has 0 fully saturated rings. The van der Waals surface area contributed by atoms with Gasteiger partial charge in [0.05, 0.1) is 16.7 Å². The number of aromatic nitrogens is 4. The highest BCUT2D eigenvalue weighted by molar-refractivity contribution is 6.03. The zero-order chi connectivity index (χ0) is 19.6. The molecule has 27 heavy (non-hydrogen) atoms. The minimum Gasteiger partial charge on any atom is -0.310 e. The van der Waals surface area contributed by atoms with E-state index in [2.05, 4.69) is 22.3 Å². The van der Waals surface area contributed by atoms with Gasteiger partial charge in [-0.3, -0.25) is 19.6 Å². The molecule has 2 aromatic heterocycles. The van der Waals surface area contributed by atoms with Gasteiger partial charge in [0.15, 0.2) is 0 Å². The fraction of sp³-hybridized carbons (Fsp3) is 0.400. The van der Waals surface area contributed by atoms with Gasteiger partial charge < -0.3 is 4.57 Å². The van der Waals surface area contributed by atoms with Crippen LogP contribution in [0.5, 0.6) is 0 Å². The lowest BCUT2D eigenvalue weighted by molar-refractivity contribution is 0.101. The summed E-state index contributed by atoms with van der Waals surface area (Å²) in [6.07, 6.45) is 2.81. The van der Waals surface area contributed by atoms with Crippen molar-refractivity contribution in [3.8, 4) is 0 Å². The molecular formula is C20H25N5O2. The van der Waals surface area contributed by atoms with Crippen LogP contribution < -0.4 is 5.32 Å².